The lowest BCUT2D eigenvalue weighted by Crippen LogP contribution is -2.41. The molecule has 0 amide bonds. The lowest BCUT2D eigenvalue weighted by atomic mass is 9.84. The van der Waals surface area contributed by atoms with Gasteiger partial charge in [-0.15, -0.1) is 0 Å². The second-order valence-corrected chi connectivity index (χ2v) is 11.2. The molecule has 1 aromatic heterocycles. The summed E-state index contributed by atoms with van der Waals surface area (Å²) in [5.41, 5.74) is 2.51. The van der Waals surface area contributed by atoms with Crippen LogP contribution in [0.1, 0.15) is 36.8 Å². The number of halogens is 4. The van der Waals surface area contributed by atoms with E-state index in [1.807, 2.05) is 12.1 Å². The van der Waals surface area contributed by atoms with Gasteiger partial charge in [0.25, 0.3) is 0 Å². The smallest absolute Gasteiger partial charge is 0.415 e. The van der Waals surface area contributed by atoms with Gasteiger partial charge in [-0.2, -0.15) is 18.2 Å². The van der Waals surface area contributed by atoms with Gasteiger partial charge in [0.15, 0.2) is 11.9 Å². The fraction of sp³-hybridized carbons (Fsp3) is 0.600. The third-order valence-electron chi connectivity index (χ3n) is 7.41. The molecule has 4 atom stereocenters. The van der Waals surface area contributed by atoms with Crippen molar-refractivity contribution in [2.45, 2.75) is 56.8 Å². The van der Waals surface area contributed by atoms with Gasteiger partial charge in [-0.3, -0.25) is 9.11 Å². The summed E-state index contributed by atoms with van der Waals surface area (Å²) in [6.45, 7) is 0.601. The van der Waals surface area contributed by atoms with E-state index in [1.165, 1.54) is 13.3 Å². The van der Waals surface area contributed by atoms with E-state index < -0.39 is 30.1 Å². The molecule has 0 saturated heterocycles. The summed E-state index contributed by atoms with van der Waals surface area (Å²) < 4.78 is 68.6. The summed E-state index contributed by atoms with van der Waals surface area (Å²) >= 11 is 4.06. The molecule has 2 aliphatic rings. The predicted octanol–water partition coefficient (Wildman–Crippen LogP) is 3.56. The van der Waals surface area contributed by atoms with Crippen LogP contribution in [0.15, 0.2) is 18.3 Å². The number of rotatable bonds is 10. The van der Waals surface area contributed by atoms with Crippen LogP contribution >= 0.6 is 11.6 Å². The van der Waals surface area contributed by atoms with Crippen molar-refractivity contribution in [3.8, 4) is 5.75 Å². The highest BCUT2D eigenvalue weighted by Crippen LogP contribution is 2.34. The molecule has 2 aromatic rings. The number of ether oxygens (including phenoxy) is 1. The first kappa shape index (κ1) is 30.7. The zero-order valence-corrected chi connectivity index (χ0v) is 23.5. The Bertz CT molecular complexity index is 1190. The van der Waals surface area contributed by atoms with Crippen molar-refractivity contribution < 1.29 is 31.8 Å². The molecule has 1 unspecified atom stereocenters. The van der Waals surface area contributed by atoms with Gasteiger partial charge < -0.3 is 25.0 Å². The standard InChI is InChI=1S/C25H34ClF3N6O4S/c1-39-21-11-16-7-9-35(14-22(36)25(27,28)29)8-6-15(16)10-20(21)33-24-30-13-18(26)23(34-24)32-19-5-3-2-4-17(19)12-31-40(37)38/h10-11,13,17,19,22,31,36H,2-9,12,14H2,1H3,(H,37,38)(H2,30,32,33,34)/p-1/t17-,19-,22+/m1/s1. The second-order valence-electron chi connectivity index (χ2n) is 10.1. The summed E-state index contributed by atoms with van der Waals surface area (Å²) in [6, 6.07) is 3.72. The number of β-amino-alcohol motifs (C(OH)–C–C–N with tert-alkyl or cyclic N) is 1. The fourth-order valence-electron chi connectivity index (χ4n) is 5.24. The molecule has 4 rings (SSSR count). The molecular weight excluding hydrogens is 573 g/mol. The highest BCUT2D eigenvalue weighted by atomic mass is 35.5. The van der Waals surface area contributed by atoms with E-state index in [0.717, 1.165) is 36.8 Å². The number of nitrogens with one attached hydrogen (secondary N) is 3. The van der Waals surface area contributed by atoms with Crippen LogP contribution < -0.4 is 20.1 Å². The number of alkyl halides is 3. The number of methoxy groups -OCH3 is 1. The van der Waals surface area contributed by atoms with Crippen molar-refractivity contribution >= 4 is 40.3 Å². The molecule has 10 nitrogen and oxygen atoms in total. The first-order valence-electron chi connectivity index (χ1n) is 13.1. The number of anilines is 3. The molecule has 15 heteroatoms. The van der Waals surface area contributed by atoms with E-state index in [0.29, 0.717) is 54.8 Å². The summed E-state index contributed by atoms with van der Waals surface area (Å²) in [5, 5.41) is 16.4. The van der Waals surface area contributed by atoms with Gasteiger partial charge in [0, 0.05) is 43.5 Å². The maximum Gasteiger partial charge on any atom is 0.415 e. The number of fused-ring (bicyclic) bond motifs is 1. The molecule has 1 aliphatic heterocycles. The lowest BCUT2D eigenvalue weighted by Gasteiger charge is -2.33. The Morgan fingerprint density at radius 3 is 2.62 bits per heavy atom. The first-order valence-corrected chi connectivity index (χ1v) is 14.5. The van der Waals surface area contributed by atoms with Gasteiger partial charge in [0.1, 0.15) is 10.8 Å². The summed E-state index contributed by atoms with van der Waals surface area (Å²) in [5.74, 6) is 1.29. The van der Waals surface area contributed by atoms with Gasteiger partial charge in [0.05, 0.1) is 19.0 Å². The largest absolute Gasteiger partial charge is 0.760 e. The highest BCUT2D eigenvalue weighted by Gasteiger charge is 2.39. The van der Waals surface area contributed by atoms with Crippen molar-refractivity contribution in [2.24, 2.45) is 5.92 Å². The van der Waals surface area contributed by atoms with E-state index in [2.05, 4.69) is 25.3 Å². The SMILES string of the molecule is COc1cc2c(cc1Nc1ncc(Cl)c(N[C@@H]3CCCC[C@@H]3CNS(=O)[O-])n1)CCN(C[C@H](O)C(F)(F)F)CC2. The molecule has 2 heterocycles. The van der Waals surface area contributed by atoms with Crippen LogP contribution in [0.25, 0.3) is 0 Å². The number of aliphatic hydroxyl groups excluding tert-OH is 1. The maximum atomic E-state index is 12.8. The van der Waals surface area contributed by atoms with E-state index >= 15 is 0 Å². The normalized spacial score (nSPS) is 21.7. The minimum absolute atomic E-state index is 0.0223. The zero-order chi connectivity index (χ0) is 28.9. The van der Waals surface area contributed by atoms with Crippen molar-refractivity contribution in [3.63, 3.8) is 0 Å². The van der Waals surface area contributed by atoms with Gasteiger partial charge in [-0.1, -0.05) is 24.4 Å². The molecule has 0 radical (unpaired) electrons. The summed E-state index contributed by atoms with van der Waals surface area (Å²) in [6.07, 6.45) is -0.830. The number of benzene rings is 1. The molecule has 40 heavy (non-hydrogen) atoms. The van der Waals surface area contributed by atoms with Gasteiger partial charge in [-0.05, 0) is 54.9 Å². The Hall–Kier alpha value is -2.23. The number of aliphatic hydroxyl groups is 1. The molecule has 4 N–H and O–H groups in total. The highest BCUT2D eigenvalue weighted by molar-refractivity contribution is 7.77. The Kier molecular flexibility index (Phi) is 10.5. The molecule has 1 fully saturated rings. The Morgan fingerprint density at radius 2 is 1.95 bits per heavy atom. The average molecular weight is 606 g/mol. The third kappa shape index (κ3) is 8.17. The first-order chi connectivity index (χ1) is 19.0. The minimum atomic E-state index is -4.66. The summed E-state index contributed by atoms with van der Waals surface area (Å²) in [7, 11) is 1.53. The van der Waals surface area contributed by atoms with Crippen LogP contribution in [-0.4, -0.2) is 80.3 Å². The van der Waals surface area contributed by atoms with Crippen LogP contribution in [0.4, 0.5) is 30.6 Å². The molecule has 1 saturated carbocycles. The molecule has 1 aliphatic carbocycles. The minimum Gasteiger partial charge on any atom is -0.760 e. The van der Waals surface area contributed by atoms with E-state index in [-0.39, 0.29) is 17.9 Å². The van der Waals surface area contributed by atoms with Gasteiger partial charge in [-0.25, -0.2) is 9.71 Å². The molecule has 0 spiro atoms. The monoisotopic (exact) mass is 605 g/mol. The third-order valence-corrected chi connectivity index (χ3v) is 8.09. The fourth-order valence-corrected chi connectivity index (χ4v) is 5.74. The number of hydrogen-bond acceptors (Lipinski definition) is 9. The van der Waals surface area contributed by atoms with E-state index in [9.17, 15) is 27.0 Å². The van der Waals surface area contributed by atoms with Gasteiger partial charge in [0.2, 0.25) is 5.95 Å². The number of aromatic nitrogens is 2. The van der Waals surface area contributed by atoms with Crippen LogP contribution in [0.3, 0.4) is 0 Å². The van der Waals surface area contributed by atoms with Crippen molar-refractivity contribution in [1.82, 2.24) is 19.6 Å². The Morgan fingerprint density at radius 1 is 1.25 bits per heavy atom. The predicted molar refractivity (Wildman–Crippen MR) is 146 cm³/mol. The number of hydrogen-bond donors (Lipinski definition) is 4. The van der Waals surface area contributed by atoms with Crippen molar-refractivity contribution in [1.29, 1.82) is 0 Å². The maximum absolute atomic E-state index is 12.8. The topological polar surface area (TPSA) is 135 Å². The van der Waals surface area contributed by atoms with Gasteiger partial charge >= 0.3 is 6.18 Å². The summed E-state index contributed by atoms with van der Waals surface area (Å²) in [4.78, 5) is 10.5. The van der Waals surface area contributed by atoms with Crippen LogP contribution in [0, 0.1) is 5.92 Å². The van der Waals surface area contributed by atoms with Crippen LogP contribution in [0.2, 0.25) is 5.02 Å². The molecule has 1 aromatic carbocycles. The molecule has 0 bridgehead atoms. The van der Waals surface area contributed by atoms with Crippen LogP contribution in [0.5, 0.6) is 5.75 Å². The van der Waals surface area contributed by atoms with Crippen molar-refractivity contribution in [3.05, 3.63) is 34.5 Å². The zero-order valence-electron chi connectivity index (χ0n) is 22.0. The second kappa shape index (κ2) is 13.6. The van der Waals surface area contributed by atoms with E-state index in [1.54, 1.807) is 4.90 Å². The quantitative estimate of drug-likeness (QED) is 0.300. The lowest BCUT2D eigenvalue weighted by molar-refractivity contribution is -0.208. The molecular formula is C25H33ClF3N6O4S-. The van der Waals surface area contributed by atoms with Crippen LogP contribution in [-0.2, 0) is 24.1 Å². The number of nitrogens with zero attached hydrogens (tertiary/aromatic N) is 3. The van der Waals surface area contributed by atoms with Crippen molar-refractivity contribution in [2.75, 3.05) is 43.9 Å². The average Bonchev–Trinajstić information content (AvgIpc) is 3.10. The Balaban J connectivity index is 1.48. The Labute approximate surface area is 238 Å². The molecule has 222 valence electrons. The van der Waals surface area contributed by atoms with E-state index in [4.69, 9.17) is 16.3 Å².